The molecule has 0 radical (unpaired) electrons. The van der Waals surface area contributed by atoms with Crippen molar-refractivity contribution >= 4 is 9.84 Å². The fourth-order valence-electron chi connectivity index (χ4n) is 4.52. The summed E-state index contributed by atoms with van der Waals surface area (Å²) >= 11 is 0. The van der Waals surface area contributed by atoms with Crippen molar-refractivity contribution in [2.45, 2.75) is 60.1 Å². The number of methoxy groups -OCH3 is 1. The Labute approximate surface area is 167 Å². The average molecular weight is 413 g/mol. The largest absolute Gasteiger partial charge is 0.383 e. The van der Waals surface area contributed by atoms with E-state index in [0.717, 1.165) is 50.9 Å². The monoisotopic (exact) mass is 412 g/mol. The van der Waals surface area contributed by atoms with Crippen molar-refractivity contribution in [2.75, 3.05) is 40.4 Å². The number of aromatic nitrogens is 2. The second kappa shape index (κ2) is 7.68. The van der Waals surface area contributed by atoms with Crippen molar-refractivity contribution in [3.63, 3.8) is 0 Å². The summed E-state index contributed by atoms with van der Waals surface area (Å²) in [5.74, 6) is 0.413. The van der Waals surface area contributed by atoms with Gasteiger partial charge >= 0.3 is 0 Å². The van der Waals surface area contributed by atoms with Crippen LogP contribution in [0, 0.1) is 0 Å². The zero-order valence-corrected chi connectivity index (χ0v) is 17.9. The molecule has 1 N–H and O–H groups in total. The lowest BCUT2D eigenvalue weighted by Gasteiger charge is -2.33. The summed E-state index contributed by atoms with van der Waals surface area (Å²) in [5, 5.41) is 8.10. The van der Waals surface area contributed by atoms with Crippen molar-refractivity contribution in [2.24, 2.45) is 7.05 Å². The third kappa shape index (κ3) is 3.75. The van der Waals surface area contributed by atoms with Crippen molar-refractivity contribution < 1.29 is 17.9 Å². The van der Waals surface area contributed by atoms with Crippen molar-refractivity contribution in [3.05, 3.63) is 11.8 Å². The molecule has 1 aliphatic carbocycles. The topological polar surface area (TPSA) is 85.7 Å². The normalized spacial score (nSPS) is 27.7. The van der Waals surface area contributed by atoms with E-state index in [2.05, 4.69) is 15.3 Å². The highest BCUT2D eigenvalue weighted by Crippen LogP contribution is 2.44. The fraction of sp³-hybridized carbons (Fsp3) is 0.842. The van der Waals surface area contributed by atoms with E-state index >= 15 is 0 Å². The summed E-state index contributed by atoms with van der Waals surface area (Å²) < 4.78 is 40.5. The zero-order chi connectivity index (χ0) is 19.9. The van der Waals surface area contributed by atoms with Gasteiger partial charge in [0.25, 0.3) is 0 Å². The smallest absolute Gasteiger partial charge is 0.223 e. The number of nitrogens with zero attached hydrogens (tertiary/aromatic N) is 3. The number of likely N-dealkylation sites (N-methyl/N-ethyl adjacent to an activating group) is 1. The molecule has 0 aromatic carbocycles. The molecule has 28 heavy (non-hydrogen) atoms. The number of sulfone groups is 1. The SMILES string of the molecule is COCCN(C)C1CC2(CCNCC2)OC1S(=O)(=O)c1cc(C2CC2)nn1C. The van der Waals surface area contributed by atoms with Crippen molar-refractivity contribution in [1.29, 1.82) is 0 Å². The van der Waals surface area contributed by atoms with Crippen LogP contribution in [0.25, 0.3) is 0 Å². The van der Waals surface area contributed by atoms with Crippen LogP contribution in [0.15, 0.2) is 11.1 Å². The van der Waals surface area contributed by atoms with E-state index < -0.39 is 15.3 Å². The molecular weight excluding hydrogens is 380 g/mol. The van der Waals surface area contributed by atoms with Gasteiger partial charge in [-0.2, -0.15) is 5.10 Å². The van der Waals surface area contributed by atoms with Gasteiger partial charge in [-0.05, 0) is 58.3 Å². The first kappa shape index (κ1) is 20.3. The first-order valence-corrected chi connectivity index (χ1v) is 11.8. The van der Waals surface area contributed by atoms with Crippen molar-refractivity contribution in [1.82, 2.24) is 20.0 Å². The summed E-state index contributed by atoms with van der Waals surface area (Å²) in [6.45, 7) is 2.95. The maximum Gasteiger partial charge on any atom is 0.223 e. The van der Waals surface area contributed by atoms with Crippen LogP contribution in [0.1, 0.15) is 43.7 Å². The number of aryl methyl sites for hydroxylation is 1. The molecule has 1 aromatic rings. The molecule has 1 aromatic heterocycles. The van der Waals surface area contributed by atoms with Gasteiger partial charge in [0.1, 0.15) is 0 Å². The predicted octanol–water partition coefficient (Wildman–Crippen LogP) is 0.887. The van der Waals surface area contributed by atoms with Crippen LogP contribution < -0.4 is 5.32 Å². The molecule has 0 bridgehead atoms. The Morgan fingerprint density at radius 1 is 1.39 bits per heavy atom. The lowest BCUT2D eigenvalue weighted by atomic mass is 9.88. The highest BCUT2D eigenvalue weighted by Gasteiger charge is 2.54. The summed E-state index contributed by atoms with van der Waals surface area (Å²) in [6.07, 6.45) is 4.59. The Bertz CT molecular complexity index is 799. The summed E-state index contributed by atoms with van der Waals surface area (Å²) in [7, 11) is 1.68. The lowest BCUT2D eigenvalue weighted by Crippen LogP contribution is -2.44. The van der Waals surface area contributed by atoms with E-state index in [-0.39, 0.29) is 16.7 Å². The second-order valence-corrected chi connectivity index (χ2v) is 10.5. The van der Waals surface area contributed by atoms with Crippen molar-refractivity contribution in [3.8, 4) is 0 Å². The maximum atomic E-state index is 13.7. The van der Waals surface area contributed by atoms with Gasteiger partial charge < -0.3 is 14.8 Å². The zero-order valence-electron chi connectivity index (χ0n) is 17.1. The third-order valence-corrected chi connectivity index (χ3v) is 8.43. The Hall–Kier alpha value is -1.00. The minimum atomic E-state index is -3.67. The van der Waals surface area contributed by atoms with Gasteiger partial charge in [0, 0.05) is 26.6 Å². The van der Waals surface area contributed by atoms with Gasteiger partial charge in [-0.3, -0.25) is 9.58 Å². The molecular formula is C19H32N4O4S. The Balaban J connectivity index is 1.65. The number of ether oxygens (including phenoxy) is 2. The molecule has 2 aliphatic heterocycles. The number of nitrogens with one attached hydrogen (secondary N) is 1. The number of hydrogen-bond acceptors (Lipinski definition) is 7. The first-order chi connectivity index (χ1) is 13.4. The van der Waals surface area contributed by atoms with Crippen LogP contribution in [0.3, 0.4) is 0 Å². The molecule has 1 saturated carbocycles. The van der Waals surface area contributed by atoms with Crippen LogP contribution in [-0.2, 0) is 26.4 Å². The Kier molecular flexibility index (Phi) is 5.56. The fourth-order valence-corrected chi connectivity index (χ4v) is 6.51. The summed E-state index contributed by atoms with van der Waals surface area (Å²) in [4.78, 5) is 2.08. The van der Waals surface area contributed by atoms with E-state index in [1.807, 2.05) is 7.05 Å². The predicted molar refractivity (Wildman–Crippen MR) is 105 cm³/mol. The van der Waals surface area contributed by atoms with E-state index in [1.54, 1.807) is 20.2 Å². The lowest BCUT2D eigenvalue weighted by molar-refractivity contribution is -0.0358. The van der Waals surface area contributed by atoms with Crippen LogP contribution in [0.5, 0.6) is 0 Å². The minimum absolute atomic E-state index is 0.197. The van der Waals surface area contributed by atoms with Gasteiger partial charge in [0.2, 0.25) is 9.84 Å². The van der Waals surface area contributed by atoms with Crippen LogP contribution in [0.2, 0.25) is 0 Å². The van der Waals surface area contributed by atoms with Crippen LogP contribution >= 0.6 is 0 Å². The maximum absolute atomic E-state index is 13.7. The molecule has 2 saturated heterocycles. The molecule has 3 aliphatic rings. The summed E-state index contributed by atoms with van der Waals surface area (Å²) in [5.41, 5.74) is -0.359. The van der Waals surface area contributed by atoms with Gasteiger partial charge in [0.15, 0.2) is 10.5 Å². The van der Waals surface area contributed by atoms with E-state index in [0.29, 0.717) is 19.1 Å². The molecule has 3 fully saturated rings. The average Bonchev–Trinajstić information content (AvgIpc) is 3.35. The quantitative estimate of drug-likeness (QED) is 0.712. The highest BCUT2D eigenvalue weighted by molar-refractivity contribution is 7.91. The molecule has 9 heteroatoms. The second-order valence-electron chi connectivity index (χ2n) is 8.51. The van der Waals surface area contributed by atoms with E-state index in [4.69, 9.17) is 9.47 Å². The number of piperidine rings is 1. The van der Waals surface area contributed by atoms with E-state index in [1.165, 1.54) is 4.68 Å². The molecule has 8 nitrogen and oxygen atoms in total. The Morgan fingerprint density at radius 2 is 2.11 bits per heavy atom. The number of rotatable bonds is 7. The van der Waals surface area contributed by atoms with E-state index in [9.17, 15) is 8.42 Å². The summed E-state index contributed by atoms with van der Waals surface area (Å²) in [6, 6.07) is 1.56. The van der Waals surface area contributed by atoms with Crippen LogP contribution in [0.4, 0.5) is 0 Å². The minimum Gasteiger partial charge on any atom is -0.383 e. The van der Waals surface area contributed by atoms with Gasteiger partial charge in [-0.1, -0.05) is 0 Å². The molecule has 158 valence electrons. The molecule has 4 rings (SSSR count). The molecule has 2 atom stereocenters. The molecule has 3 heterocycles. The molecule has 1 spiro atoms. The highest BCUT2D eigenvalue weighted by atomic mass is 32.2. The van der Waals surface area contributed by atoms with Gasteiger partial charge in [-0.15, -0.1) is 0 Å². The Morgan fingerprint density at radius 3 is 2.75 bits per heavy atom. The first-order valence-electron chi connectivity index (χ1n) is 10.2. The van der Waals surface area contributed by atoms with Gasteiger partial charge in [0.05, 0.1) is 23.9 Å². The van der Waals surface area contributed by atoms with Crippen LogP contribution in [-0.4, -0.2) is 80.6 Å². The third-order valence-electron chi connectivity index (χ3n) is 6.44. The number of hydrogen-bond donors (Lipinski definition) is 1. The molecule has 0 amide bonds. The standard InChI is InChI=1S/C19H32N4O4S/c1-22(10-11-26-3)16-13-19(6-8-20-9-7-19)27-18(16)28(24,25)17-12-15(14-4-5-14)21-23(17)2/h12,14,16,18,20H,4-11,13H2,1-3H3. The molecule has 2 unspecified atom stereocenters. The van der Waals surface area contributed by atoms with Gasteiger partial charge in [-0.25, -0.2) is 8.42 Å².